The zero-order valence-electron chi connectivity index (χ0n) is 9.53. The number of hydrogen-bond donors (Lipinski definition) is 1. The van der Waals surface area contributed by atoms with Crippen LogP contribution in [0.25, 0.3) is 0 Å². The first-order valence-corrected chi connectivity index (χ1v) is 6.12. The lowest BCUT2D eigenvalue weighted by molar-refractivity contribution is 0.406. The van der Waals surface area contributed by atoms with Crippen molar-refractivity contribution < 1.29 is 4.39 Å². The lowest BCUT2D eigenvalue weighted by atomic mass is 9.83. The molecule has 0 aromatic carbocycles. The average Bonchev–Trinajstić information content (AvgIpc) is 2.53. The highest BCUT2D eigenvalue weighted by Crippen LogP contribution is 2.35. The molecule has 1 aromatic heterocycles. The predicted octanol–water partition coefficient (Wildman–Crippen LogP) is 2.84. The summed E-state index contributed by atoms with van der Waals surface area (Å²) in [5.74, 6) is 0.652. The van der Waals surface area contributed by atoms with E-state index in [-0.39, 0.29) is 5.82 Å². The van der Waals surface area contributed by atoms with E-state index in [1.807, 2.05) is 0 Å². The van der Waals surface area contributed by atoms with Gasteiger partial charge in [-0.3, -0.25) is 4.98 Å². The first kappa shape index (κ1) is 11.5. The van der Waals surface area contributed by atoms with Gasteiger partial charge in [0.15, 0.2) is 0 Å². The Labute approximate surface area is 96.1 Å². The maximum atomic E-state index is 13.2. The zero-order valence-corrected chi connectivity index (χ0v) is 9.53. The van der Waals surface area contributed by atoms with Gasteiger partial charge in [0.1, 0.15) is 5.82 Å². The number of hydrogen-bond acceptors (Lipinski definition) is 2. The molecule has 0 bridgehead atoms. The summed E-state index contributed by atoms with van der Waals surface area (Å²) >= 11 is 0. The fraction of sp³-hybridized carbons (Fsp3) is 0.615. The smallest absolute Gasteiger partial charge is 0.141 e. The van der Waals surface area contributed by atoms with Crippen molar-refractivity contribution in [3.05, 3.63) is 29.8 Å². The minimum atomic E-state index is -0.238. The Morgan fingerprint density at radius 1 is 1.25 bits per heavy atom. The first-order valence-electron chi connectivity index (χ1n) is 6.12. The van der Waals surface area contributed by atoms with E-state index in [9.17, 15) is 4.39 Å². The molecule has 1 aromatic rings. The second-order valence-electron chi connectivity index (χ2n) is 4.68. The Morgan fingerprint density at radius 3 is 2.81 bits per heavy atom. The summed E-state index contributed by atoms with van der Waals surface area (Å²) < 4.78 is 13.2. The van der Waals surface area contributed by atoms with E-state index in [0.29, 0.717) is 18.4 Å². The summed E-state index contributed by atoms with van der Waals surface area (Å²) in [4.78, 5) is 3.94. The SMILES string of the molecule is NCC1CCCCCC1c1cncc(F)c1. The Balaban J connectivity index is 2.21. The molecule has 3 heteroatoms. The molecule has 1 fully saturated rings. The molecule has 0 spiro atoms. The summed E-state index contributed by atoms with van der Waals surface area (Å²) in [6, 6.07) is 1.62. The van der Waals surface area contributed by atoms with Gasteiger partial charge in [-0.05, 0) is 42.9 Å². The third kappa shape index (κ3) is 2.59. The zero-order chi connectivity index (χ0) is 11.4. The first-order chi connectivity index (χ1) is 7.81. The van der Waals surface area contributed by atoms with Gasteiger partial charge in [0.25, 0.3) is 0 Å². The molecule has 0 amide bonds. The lowest BCUT2D eigenvalue weighted by Gasteiger charge is -2.23. The molecule has 2 atom stereocenters. The van der Waals surface area contributed by atoms with E-state index in [1.54, 1.807) is 12.3 Å². The van der Waals surface area contributed by atoms with E-state index >= 15 is 0 Å². The third-order valence-corrected chi connectivity index (χ3v) is 3.62. The van der Waals surface area contributed by atoms with Crippen LogP contribution in [-0.2, 0) is 0 Å². The molecule has 2 N–H and O–H groups in total. The molecule has 1 saturated carbocycles. The quantitative estimate of drug-likeness (QED) is 0.781. The Kier molecular flexibility index (Phi) is 3.88. The van der Waals surface area contributed by atoms with Gasteiger partial charge in [0.05, 0.1) is 6.20 Å². The second-order valence-corrected chi connectivity index (χ2v) is 4.68. The van der Waals surface area contributed by atoms with E-state index < -0.39 is 0 Å². The second kappa shape index (κ2) is 5.39. The summed E-state index contributed by atoms with van der Waals surface area (Å²) in [7, 11) is 0. The predicted molar refractivity (Wildman–Crippen MR) is 62.6 cm³/mol. The van der Waals surface area contributed by atoms with Crippen molar-refractivity contribution in [1.29, 1.82) is 0 Å². The number of nitrogens with two attached hydrogens (primary N) is 1. The van der Waals surface area contributed by atoms with Crippen molar-refractivity contribution in [2.24, 2.45) is 11.7 Å². The maximum absolute atomic E-state index is 13.2. The van der Waals surface area contributed by atoms with Crippen LogP contribution >= 0.6 is 0 Å². The number of pyridine rings is 1. The van der Waals surface area contributed by atoms with Gasteiger partial charge < -0.3 is 5.73 Å². The standard InChI is InChI=1S/C13H19FN2/c14-12-6-11(8-16-9-12)13-5-3-1-2-4-10(13)7-15/h6,8-10,13H,1-5,7,15H2. The van der Waals surface area contributed by atoms with Crippen LogP contribution in [-0.4, -0.2) is 11.5 Å². The lowest BCUT2D eigenvalue weighted by Crippen LogP contribution is -2.21. The van der Waals surface area contributed by atoms with Gasteiger partial charge >= 0.3 is 0 Å². The van der Waals surface area contributed by atoms with Crippen molar-refractivity contribution in [2.75, 3.05) is 6.54 Å². The van der Waals surface area contributed by atoms with Crippen LogP contribution in [0.2, 0.25) is 0 Å². The largest absolute Gasteiger partial charge is 0.330 e. The number of rotatable bonds is 2. The minimum absolute atomic E-state index is 0.238. The molecule has 0 aliphatic heterocycles. The highest BCUT2D eigenvalue weighted by atomic mass is 19.1. The molecule has 0 saturated heterocycles. The van der Waals surface area contributed by atoms with Crippen molar-refractivity contribution in [1.82, 2.24) is 4.98 Å². The fourth-order valence-corrected chi connectivity index (χ4v) is 2.74. The van der Waals surface area contributed by atoms with Crippen LogP contribution < -0.4 is 5.73 Å². The van der Waals surface area contributed by atoms with Gasteiger partial charge in [0, 0.05) is 6.20 Å². The topological polar surface area (TPSA) is 38.9 Å². The van der Waals surface area contributed by atoms with Crippen molar-refractivity contribution in [3.63, 3.8) is 0 Å². The van der Waals surface area contributed by atoms with Gasteiger partial charge in [-0.25, -0.2) is 4.39 Å². The normalized spacial score (nSPS) is 26.4. The summed E-state index contributed by atoms with van der Waals surface area (Å²) in [6.45, 7) is 0.696. The van der Waals surface area contributed by atoms with Crippen molar-refractivity contribution in [2.45, 2.75) is 38.0 Å². The van der Waals surface area contributed by atoms with E-state index in [4.69, 9.17) is 5.73 Å². The molecule has 0 radical (unpaired) electrons. The van der Waals surface area contributed by atoms with Gasteiger partial charge in [-0.1, -0.05) is 19.3 Å². The molecule has 1 heterocycles. The number of halogens is 1. The van der Waals surface area contributed by atoms with Crippen LogP contribution in [0.15, 0.2) is 18.5 Å². The molecule has 2 unspecified atom stereocenters. The number of aromatic nitrogens is 1. The fourth-order valence-electron chi connectivity index (χ4n) is 2.74. The molecule has 1 aliphatic rings. The van der Waals surface area contributed by atoms with Gasteiger partial charge in [-0.2, -0.15) is 0 Å². The number of nitrogens with zero attached hydrogens (tertiary/aromatic N) is 1. The van der Waals surface area contributed by atoms with Crippen LogP contribution in [0.4, 0.5) is 4.39 Å². The minimum Gasteiger partial charge on any atom is -0.330 e. The molecule has 16 heavy (non-hydrogen) atoms. The van der Waals surface area contributed by atoms with E-state index in [0.717, 1.165) is 18.4 Å². The van der Waals surface area contributed by atoms with Crippen LogP contribution in [0.5, 0.6) is 0 Å². The highest BCUT2D eigenvalue weighted by Gasteiger charge is 2.24. The molecular formula is C13H19FN2. The molecule has 2 rings (SSSR count). The molecule has 2 nitrogen and oxygen atoms in total. The monoisotopic (exact) mass is 222 g/mol. The molecule has 1 aliphatic carbocycles. The maximum Gasteiger partial charge on any atom is 0.141 e. The van der Waals surface area contributed by atoms with E-state index in [2.05, 4.69) is 4.98 Å². The van der Waals surface area contributed by atoms with Crippen molar-refractivity contribution >= 4 is 0 Å². The Bertz CT molecular complexity index is 340. The highest BCUT2D eigenvalue weighted by molar-refractivity contribution is 5.17. The third-order valence-electron chi connectivity index (χ3n) is 3.62. The molecular weight excluding hydrogens is 203 g/mol. The van der Waals surface area contributed by atoms with Crippen LogP contribution in [0.1, 0.15) is 43.6 Å². The summed E-state index contributed by atoms with van der Waals surface area (Å²) in [5.41, 5.74) is 6.85. The van der Waals surface area contributed by atoms with Crippen LogP contribution in [0.3, 0.4) is 0 Å². The Hall–Kier alpha value is -0.960. The average molecular weight is 222 g/mol. The van der Waals surface area contributed by atoms with Crippen LogP contribution in [0, 0.1) is 11.7 Å². The summed E-state index contributed by atoms with van der Waals surface area (Å²) in [5, 5.41) is 0. The van der Waals surface area contributed by atoms with Gasteiger partial charge in [0.2, 0.25) is 0 Å². The van der Waals surface area contributed by atoms with Gasteiger partial charge in [-0.15, -0.1) is 0 Å². The van der Waals surface area contributed by atoms with Crippen molar-refractivity contribution in [3.8, 4) is 0 Å². The summed E-state index contributed by atoms with van der Waals surface area (Å²) in [6.07, 6.45) is 9.08. The van der Waals surface area contributed by atoms with E-state index in [1.165, 1.54) is 25.5 Å². The molecule has 88 valence electrons. The Morgan fingerprint density at radius 2 is 2.06 bits per heavy atom.